The van der Waals surface area contributed by atoms with Crippen LogP contribution in [0.25, 0.3) is 0 Å². The maximum absolute atomic E-state index is 12.2. The van der Waals surface area contributed by atoms with Gasteiger partial charge in [0.05, 0.1) is 0 Å². The van der Waals surface area contributed by atoms with E-state index in [1.807, 2.05) is 24.3 Å². The van der Waals surface area contributed by atoms with Crippen molar-refractivity contribution in [2.45, 2.75) is 51.1 Å². The van der Waals surface area contributed by atoms with Crippen LogP contribution in [0.3, 0.4) is 0 Å². The second-order valence-corrected chi connectivity index (χ2v) is 8.49. The Labute approximate surface area is 177 Å². The third-order valence-electron chi connectivity index (χ3n) is 5.68. The van der Waals surface area contributed by atoms with Gasteiger partial charge in [-0.1, -0.05) is 23.7 Å². The van der Waals surface area contributed by atoms with Gasteiger partial charge in [-0.2, -0.15) is 0 Å². The Morgan fingerprint density at radius 1 is 1.14 bits per heavy atom. The quantitative estimate of drug-likeness (QED) is 0.684. The molecule has 6 nitrogen and oxygen atoms in total. The van der Waals surface area contributed by atoms with Gasteiger partial charge in [0.25, 0.3) is 0 Å². The molecule has 1 saturated carbocycles. The zero-order valence-electron chi connectivity index (χ0n) is 16.6. The van der Waals surface area contributed by atoms with Crippen molar-refractivity contribution in [2.75, 3.05) is 23.3 Å². The number of hydrogen-bond donors (Lipinski definition) is 2. The van der Waals surface area contributed by atoms with Crippen LogP contribution in [0.5, 0.6) is 0 Å². The van der Waals surface area contributed by atoms with Crippen LogP contribution in [0, 0.1) is 5.92 Å². The maximum atomic E-state index is 12.2. The average Bonchev–Trinajstić information content (AvgIpc) is 3.55. The first kappa shape index (κ1) is 20.0. The number of hydrogen-bond acceptors (Lipinski definition) is 5. The van der Waals surface area contributed by atoms with E-state index in [0.29, 0.717) is 29.9 Å². The molecule has 1 aliphatic heterocycles. The van der Waals surface area contributed by atoms with Gasteiger partial charge >= 0.3 is 0 Å². The van der Waals surface area contributed by atoms with Crippen LogP contribution in [-0.2, 0) is 11.3 Å². The minimum atomic E-state index is 0.110. The first-order valence-electron chi connectivity index (χ1n) is 10.5. The summed E-state index contributed by atoms with van der Waals surface area (Å²) < 4.78 is 0. The van der Waals surface area contributed by atoms with E-state index in [0.717, 1.165) is 49.6 Å². The summed E-state index contributed by atoms with van der Waals surface area (Å²) in [4.78, 5) is 23.3. The van der Waals surface area contributed by atoms with Gasteiger partial charge in [-0.15, -0.1) is 0 Å². The van der Waals surface area contributed by atoms with Crippen LogP contribution >= 0.6 is 11.6 Å². The Morgan fingerprint density at radius 2 is 1.97 bits per heavy atom. The Balaban J connectivity index is 1.17. The molecule has 2 heterocycles. The van der Waals surface area contributed by atoms with Crippen molar-refractivity contribution >= 4 is 29.1 Å². The van der Waals surface area contributed by atoms with Crippen molar-refractivity contribution in [3.63, 3.8) is 0 Å². The summed E-state index contributed by atoms with van der Waals surface area (Å²) in [5, 5.41) is 7.13. The van der Waals surface area contributed by atoms with Gasteiger partial charge in [-0.25, -0.2) is 9.97 Å². The standard InChI is InChI=1S/C22H28ClN5O/c23-18-3-1-2-17(12-18)14-24-22(29)7-4-16-8-10-28(11-9-16)21-13-20(25-15-26-21)27-19-5-6-19/h1-3,12-13,15-16,19H,4-11,14H2,(H,24,29)(H,25,26,27). The number of benzene rings is 1. The molecular formula is C22H28ClN5O. The highest BCUT2D eigenvalue weighted by Crippen LogP contribution is 2.28. The molecule has 0 unspecified atom stereocenters. The fourth-order valence-electron chi connectivity index (χ4n) is 3.76. The highest BCUT2D eigenvalue weighted by molar-refractivity contribution is 6.30. The number of aromatic nitrogens is 2. The van der Waals surface area contributed by atoms with Gasteiger partial charge in [0, 0.05) is 43.2 Å². The number of anilines is 2. The van der Waals surface area contributed by atoms with E-state index in [4.69, 9.17) is 11.6 Å². The lowest BCUT2D eigenvalue weighted by atomic mass is 9.92. The summed E-state index contributed by atoms with van der Waals surface area (Å²) in [5.41, 5.74) is 1.03. The Kier molecular flexibility index (Phi) is 6.49. The molecule has 154 valence electrons. The van der Waals surface area contributed by atoms with Crippen LogP contribution < -0.4 is 15.5 Å². The summed E-state index contributed by atoms with van der Waals surface area (Å²) in [7, 11) is 0. The average molecular weight is 414 g/mol. The Morgan fingerprint density at radius 3 is 2.72 bits per heavy atom. The number of nitrogens with zero attached hydrogens (tertiary/aromatic N) is 3. The minimum Gasteiger partial charge on any atom is -0.367 e. The summed E-state index contributed by atoms with van der Waals surface area (Å²) in [6.45, 7) is 2.49. The topological polar surface area (TPSA) is 70.2 Å². The lowest BCUT2D eigenvalue weighted by Crippen LogP contribution is -2.34. The predicted molar refractivity (Wildman–Crippen MR) is 116 cm³/mol. The first-order chi connectivity index (χ1) is 14.2. The van der Waals surface area contributed by atoms with E-state index >= 15 is 0 Å². The molecule has 0 spiro atoms. The zero-order chi connectivity index (χ0) is 20.1. The number of carbonyl (C=O) groups is 1. The third-order valence-corrected chi connectivity index (χ3v) is 5.91. The Hall–Kier alpha value is -2.34. The molecular weight excluding hydrogens is 386 g/mol. The predicted octanol–water partition coefficient (Wildman–Crippen LogP) is 4.02. The summed E-state index contributed by atoms with van der Waals surface area (Å²) in [5.74, 6) is 2.63. The van der Waals surface area contributed by atoms with Crippen molar-refractivity contribution in [3.8, 4) is 0 Å². The molecule has 0 atom stereocenters. The second-order valence-electron chi connectivity index (χ2n) is 8.06. The van der Waals surface area contributed by atoms with Crippen molar-refractivity contribution in [1.29, 1.82) is 0 Å². The minimum absolute atomic E-state index is 0.110. The summed E-state index contributed by atoms with van der Waals surface area (Å²) in [6.07, 6.45) is 7.82. The summed E-state index contributed by atoms with van der Waals surface area (Å²) in [6, 6.07) is 10.2. The molecule has 0 radical (unpaired) electrons. The highest BCUT2D eigenvalue weighted by atomic mass is 35.5. The maximum Gasteiger partial charge on any atom is 0.220 e. The molecule has 2 N–H and O–H groups in total. The molecule has 1 aliphatic carbocycles. The van der Waals surface area contributed by atoms with E-state index in [1.165, 1.54) is 12.8 Å². The molecule has 0 bridgehead atoms. The zero-order valence-corrected chi connectivity index (χ0v) is 17.4. The Bertz CT molecular complexity index is 833. The van der Waals surface area contributed by atoms with Crippen LogP contribution in [-0.4, -0.2) is 35.0 Å². The van der Waals surface area contributed by atoms with E-state index < -0.39 is 0 Å². The lowest BCUT2D eigenvalue weighted by molar-refractivity contribution is -0.121. The first-order valence-corrected chi connectivity index (χ1v) is 10.9. The van der Waals surface area contributed by atoms with Gasteiger partial charge < -0.3 is 15.5 Å². The molecule has 29 heavy (non-hydrogen) atoms. The highest BCUT2D eigenvalue weighted by Gasteiger charge is 2.23. The number of piperidine rings is 1. The molecule has 1 aromatic carbocycles. The van der Waals surface area contributed by atoms with Gasteiger partial charge in [0.15, 0.2) is 0 Å². The second kappa shape index (κ2) is 9.44. The number of carbonyl (C=O) groups excluding carboxylic acids is 1. The van der Waals surface area contributed by atoms with E-state index in [1.54, 1.807) is 6.33 Å². The fourth-order valence-corrected chi connectivity index (χ4v) is 3.97. The monoisotopic (exact) mass is 413 g/mol. The number of amides is 1. The van der Waals surface area contributed by atoms with E-state index in [2.05, 4.69) is 31.6 Å². The van der Waals surface area contributed by atoms with E-state index in [-0.39, 0.29) is 5.91 Å². The molecule has 2 fully saturated rings. The van der Waals surface area contributed by atoms with Crippen molar-refractivity contribution in [2.24, 2.45) is 5.92 Å². The molecule has 7 heteroatoms. The molecule has 1 aromatic heterocycles. The lowest BCUT2D eigenvalue weighted by Gasteiger charge is -2.32. The van der Waals surface area contributed by atoms with Gasteiger partial charge in [0.2, 0.25) is 5.91 Å². The molecule has 2 aromatic rings. The largest absolute Gasteiger partial charge is 0.367 e. The molecule has 1 amide bonds. The van der Waals surface area contributed by atoms with Crippen LogP contribution in [0.4, 0.5) is 11.6 Å². The SMILES string of the molecule is O=C(CCC1CCN(c2cc(NC3CC3)ncn2)CC1)NCc1cccc(Cl)c1. The van der Waals surface area contributed by atoms with Gasteiger partial charge in [-0.05, 0) is 55.7 Å². The number of rotatable bonds is 8. The van der Waals surface area contributed by atoms with Gasteiger partial charge in [-0.3, -0.25) is 4.79 Å². The van der Waals surface area contributed by atoms with E-state index in [9.17, 15) is 4.79 Å². The smallest absolute Gasteiger partial charge is 0.220 e. The normalized spacial score (nSPS) is 17.2. The van der Waals surface area contributed by atoms with Crippen LogP contribution in [0.1, 0.15) is 44.1 Å². The number of nitrogens with one attached hydrogen (secondary N) is 2. The molecule has 2 aliphatic rings. The molecule has 1 saturated heterocycles. The number of halogens is 1. The summed E-state index contributed by atoms with van der Waals surface area (Å²) >= 11 is 5.98. The van der Waals surface area contributed by atoms with Crippen molar-refractivity contribution in [3.05, 3.63) is 47.2 Å². The fraction of sp³-hybridized carbons (Fsp3) is 0.500. The molecule has 4 rings (SSSR count). The van der Waals surface area contributed by atoms with Gasteiger partial charge in [0.1, 0.15) is 18.0 Å². The van der Waals surface area contributed by atoms with Crippen LogP contribution in [0.15, 0.2) is 36.7 Å². The van der Waals surface area contributed by atoms with Crippen molar-refractivity contribution in [1.82, 2.24) is 15.3 Å². The van der Waals surface area contributed by atoms with Crippen molar-refractivity contribution < 1.29 is 4.79 Å². The third kappa shape index (κ3) is 6.07. The van der Waals surface area contributed by atoms with Crippen LogP contribution in [0.2, 0.25) is 5.02 Å².